The quantitative estimate of drug-likeness (QED) is 0.695. The molecule has 6 heteroatoms. The molecular weight excluding hydrogens is 346 g/mol. The first kappa shape index (κ1) is 17.0. The number of rotatable bonds is 4. The third kappa shape index (κ3) is 5.10. The summed E-state index contributed by atoms with van der Waals surface area (Å²) in [5, 5.41) is 0. The zero-order chi connectivity index (χ0) is 15.9. The van der Waals surface area contributed by atoms with Gasteiger partial charge in [0.1, 0.15) is 0 Å². The molecule has 1 atom stereocenters. The van der Waals surface area contributed by atoms with E-state index < -0.39 is 0 Å². The van der Waals surface area contributed by atoms with Gasteiger partial charge in [0.25, 0.3) is 11.8 Å². The van der Waals surface area contributed by atoms with Gasteiger partial charge in [0.2, 0.25) is 0 Å². The van der Waals surface area contributed by atoms with Gasteiger partial charge < -0.3 is 4.90 Å². The van der Waals surface area contributed by atoms with Gasteiger partial charge in [0.15, 0.2) is 6.54 Å². The molecule has 120 valence electrons. The van der Waals surface area contributed by atoms with Crippen molar-refractivity contribution >= 4 is 27.7 Å². The monoisotopic (exact) mass is 368 g/mol. The fourth-order valence-corrected chi connectivity index (χ4v) is 3.10. The molecule has 0 spiro atoms. The lowest BCUT2D eigenvalue weighted by Crippen LogP contribution is -3.14. The number of amides is 2. The molecule has 0 bridgehead atoms. The summed E-state index contributed by atoms with van der Waals surface area (Å²) < 4.78 is 0.908. The summed E-state index contributed by atoms with van der Waals surface area (Å²) in [5.41, 5.74) is 5.46. The number of hydrazine groups is 1. The lowest BCUT2D eigenvalue weighted by Gasteiger charge is -2.27. The van der Waals surface area contributed by atoms with Crippen molar-refractivity contribution in [3.8, 4) is 0 Å². The summed E-state index contributed by atoms with van der Waals surface area (Å²) in [4.78, 5) is 25.0. The number of hydrogen-bond donors (Lipinski definition) is 3. The molecule has 1 saturated carbocycles. The van der Waals surface area contributed by atoms with E-state index in [1.54, 1.807) is 24.3 Å². The topological polar surface area (TPSA) is 62.6 Å². The minimum atomic E-state index is -0.309. The average Bonchev–Trinajstić information content (AvgIpc) is 2.54. The number of quaternary nitrogens is 1. The molecule has 1 fully saturated rings. The van der Waals surface area contributed by atoms with Gasteiger partial charge in [-0.1, -0.05) is 22.4 Å². The van der Waals surface area contributed by atoms with Crippen LogP contribution in [-0.4, -0.2) is 31.4 Å². The molecule has 0 radical (unpaired) electrons. The molecule has 5 nitrogen and oxygen atoms in total. The Kier molecular flexibility index (Phi) is 6.39. The Morgan fingerprint density at radius 3 is 2.41 bits per heavy atom. The molecule has 22 heavy (non-hydrogen) atoms. The van der Waals surface area contributed by atoms with Gasteiger partial charge in [0, 0.05) is 10.0 Å². The Morgan fingerprint density at radius 1 is 1.14 bits per heavy atom. The lowest BCUT2D eigenvalue weighted by atomic mass is 9.94. The summed E-state index contributed by atoms with van der Waals surface area (Å²) in [7, 11) is 2.05. The van der Waals surface area contributed by atoms with Gasteiger partial charge >= 0.3 is 0 Å². The largest absolute Gasteiger partial charge is 0.327 e. The van der Waals surface area contributed by atoms with E-state index in [2.05, 4.69) is 26.8 Å². The first-order valence-electron chi connectivity index (χ1n) is 7.73. The first-order chi connectivity index (χ1) is 10.6. The molecule has 0 heterocycles. The van der Waals surface area contributed by atoms with E-state index >= 15 is 0 Å². The highest BCUT2D eigenvalue weighted by Crippen LogP contribution is 2.15. The molecule has 0 saturated heterocycles. The van der Waals surface area contributed by atoms with Gasteiger partial charge in [-0.3, -0.25) is 20.4 Å². The molecule has 1 aromatic carbocycles. The van der Waals surface area contributed by atoms with E-state index in [1.165, 1.54) is 37.0 Å². The number of nitrogens with one attached hydrogen (secondary N) is 3. The highest BCUT2D eigenvalue weighted by molar-refractivity contribution is 9.10. The number of carbonyl (C=O) groups is 2. The van der Waals surface area contributed by atoms with Crippen LogP contribution < -0.4 is 15.8 Å². The molecule has 0 aromatic heterocycles. The maximum atomic E-state index is 11.9. The third-order valence-corrected chi connectivity index (χ3v) is 4.69. The van der Waals surface area contributed by atoms with Crippen LogP contribution in [-0.2, 0) is 4.79 Å². The van der Waals surface area contributed by atoms with E-state index in [4.69, 9.17) is 0 Å². The Labute approximate surface area is 139 Å². The van der Waals surface area contributed by atoms with Crippen molar-refractivity contribution in [1.29, 1.82) is 0 Å². The maximum Gasteiger partial charge on any atom is 0.293 e. The molecular formula is C16H23BrN3O2+. The summed E-state index contributed by atoms with van der Waals surface area (Å²) in [5.74, 6) is -0.468. The van der Waals surface area contributed by atoms with Crippen LogP contribution in [0.4, 0.5) is 0 Å². The van der Waals surface area contributed by atoms with Gasteiger partial charge in [-0.25, -0.2) is 0 Å². The van der Waals surface area contributed by atoms with Crippen molar-refractivity contribution in [3.63, 3.8) is 0 Å². The fourth-order valence-electron chi connectivity index (χ4n) is 2.84. The minimum Gasteiger partial charge on any atom is -0.327 e. The summed E-state index contributed by atoms with van der Waals surface area (Å²) >= 11 is 3.32. The highest BCUT2D eigenvalue weighted by Gasteiger charge is 2.23. The average molecular weight is 369 g/mol. The second kappa shape index (κ2) is 8.29. The normalized spacial score (nSPS) is 16.8. The van der Waals surface area contributed by atoms with Crippen molar-refractivity contribution in [2.75, 3.05) is 13.6 Å². The molecule has 1 unspecified atom stereocenters. The Morgan fingerprint density at radius 2 is 1.77 bits per heavy atom. The van der Waals surface area contributed by atoms with Crippen LogP contribution >= 0.6 is 15.9 Å². The Balaban J connectivity index is 1.74. The van der Waals surface area contributed by atoms with E-state index in [1.807, 2.05) is 7.05 Å². The molecule has 1 aliphatic rings. The smallest absolute Gasteiger partial charge is 0.293 e. The van der Waals surface area contributed by atoms with Crippen LogP contribution in [0, 0.1) is 0 Å². The van der Waals surface area contributed by atoms with Crippen LogP contribution in [0.5, 0.6) is 0 Å². The van der Waals surface area contributed by atoms with E-state index in [9.17, 15) is 9.59 Å². The number of halogens is 1. The number of likely N-dealkylation sites (N-methyl/N-ethyl adjacent to an activating group) is 1. The molecule has 2 amide bonds. The Hall–Kier alpha value is -1.40. The van der Waals surface area contributed by atoms with Crippen LogP contribution in [0.2, 0.25) is 0 Å². The van der Waals surface area contributed by atoms with Crippen LogP contribution in [0.15, 0.2) is 28.7 Å². The maximum absolute atomic E-state index is 11.9. The molecule has 1 aliphatic carbocycles. The van der Waals surface area contributed by atoms with Crippen LogP contribution in [0.25, 0.3) is 0 Å². The highest BCUT2D eigenvalue weighted by atomic mass is 79.9. The van der Waals surface area contributed by atoms with E-state index in [0.29, 0.717) is 18.2 Å². The van der Waals surface area contributed by atoms with Crippen LogP contribution in [0.3, 0.4) is 0 Å². The van der Waals surface area contributed by atoms with E-state index in [-0.39, 0.29) is 11.8 Å². The van der Waals surface area contributed by atoms with Gasteiger partial charge in [-0.05, 0) is 49.9 Å². The van der Waals surface area contributed by atoms with Crippen molar-refractivity contribution in [2.45, 2.75) is 38.1 Å². The zero-order valence-electron chi connectivity index (χ0n) is 12.8. The van der Waals surface area contributed by atoms with Crippen molar-refractivity contribution in [2.24, 2.45) is 0 Å². The predicted octanol–water partition coefficient (Wildman–Crippen LogP) is 1.06. The molecule has 0 aliphatic heterocycles. The van der Waals surface area contributed by atoms with Crippen LogP contribution in [0.1, 0.15) is 42.5 Å². The van der Waals surface area contributed by atoms with E-state index in [0.717, 1.165) is 4.47 Å². The first-order valence-corrected chi connectivity index (χ1v) is 8.52. The molecule has 1 aromatic rings. The minimum absolute atomic E-state index is 0.159. The molecule has 3 N–H and O–H groups in total. The standard InChI is InChI=1S/C16H22BrN3O2/c1-20(14-5-3-2-4-6-14)11-15(21)18-19-16(22)12-7-9-13(17)10-8-12/h7-10,14H,2-6,11H2,1H3,(H,18,21)(H,19,22)/p+1. The van der Waals surface area contributed by atoms with Crippen molar-refractivity contribution < 1.29 is 14.5 Å². The third-order valence-electron chi connectivity index (χ3n) is 4.16. The van der Waals surface area contributed by atoms with Gasteiger partial charge in [0.05, 0.1) is 13.1 Å². The SMILES string of the molecule is C[NH+](CC(=O)NNC(=O)c1ccc(Br)cc1)C1CCCCC1. The second-order valence-electron chi connectivity index (χ2n) is 5.87. The summed E-state index contributed by atoms with van der Waals surface area (Å²) in [6.45, 7) is 0.380. The van der Waals surface area contributed by atoms with Gasteiger partial charge in [-0.2, -0.15) is 0 Å². The molecule has 2 rings (SSSR count). The summed E-state index contributed by atoms with van der Waals surface area (Å²) in [6, 6.07) is 7.53. The summed E-state index contributed by atoms with van der Waals surface area (Å²) in [6.07, 6.45) is 6.18. The number of hydrogen-bond acceptors (Lipinski definition) is 2. The predicted molar refractivity (Wildman–Crippen MR) is 88.4 cm³/mol. The zero-order valence-corrected chi connectivity index (χ0v) is 14.4. The lowest BCUT2D eigenvalue weighted by molar-refractivity contribution is -0.899. The number of benzene rings is 1. The Bertz CT molecular complexity index is 513. The van der Waals surface area contributed by atoms with Crippen molar-refractivity contribution in [1.82, 2.24) is 10.9 Å². The number of carbonyl (C=O) groups excluding carboxylic acids is 2. The second-order valence-corrected chi connectivity index (χ2v) is 6.78. The van der Waals surface area contributed by atoms with Gasteiger partial charge in [-0.15, -0.1) is 0 Å². The fraction of sp³-hybridized carbons (Fsp3) is 0.500. The van der Waals surface area contributed by atoms with Crippen molar-refractivity contribution in [3.05, 3.63) is 34.3 Å².